The van der Waals surface area contributed by atoms with Crippen molar-refractivity contribution in [3.8, 4) is 23.9 Å². The highest BCUT2D eigenvalue weighted by Gasteiger charge is 2.19. The Hall–Kier alpha value is -1.74. The maximum Gasteiger partial charge on any atom is 0.330 e. The Kier molecular flexibility index (Phi) is 2.71. The van der Waals surface area contributed by atoms with E-state index in [1.807, 2.05) is 0 Å². The molecule has 2 aliphatic rings. The summed E-state index contributed by atoms with van der Waals surface area (Å²) in [5.41, 5.74) is 0.581. The van der Waals surface area contributed by atoms with Crippen LogP contribution in [0.4, 0.5) is 0 Å². The second-order valence-electron chi connectivity index (χ2n) is 3.24. The highest BCUT2D eigenvalue weighted by atomic mass is 32.2. The van der Waals surface area contributed by atoms with Crippen LogP contribution in [0.2, 0.25) is 0 Å². The lowest BCUT2D eigenvalue weighted by atomic mass is 10.4. The third kappa shape index (κ3) is 1.49. The third-order valence-electron chi connectivity index (χ3n) is 2.27. The largest absolute Gasteiger partial charge is 0.330 e. The second kappa shape index (κ2) is 4.02. The molecule has 5 nitrogen and oxygen atoms in total. The normalized spacial score (nSPS) is 10.6. The van der Waals surface area contributed by atoms with Crippen molar-refractivity contribution in [2.75, 3.05) is 5.75 Å². The van der Waals surface area contributed by atoms with Gasteiger partial charge in [0.15, 0.2) is 5.82 Å². The summed E-state index contributed by atoms with van der Waals surface area (Å²) in [6.07, 6.45) is 6.66. The lowest BCUT2D eigenvalue weighted by Crippen LogP contribution is -2.30. The average Bonchev–Trinajstić information content (AvgIpc) is 2.75. The Morgan fingerprint density at radius 1 is 1.44 bits per heavy atom. The second-order valence-corrected chi connectivity index (χ2v) is 4.21. The molecule has 6 heteroatoms. The Morgan fingerprint density at radius 2 is 2.19 bits per heavy atom. The van der Waals surface area contributed by atoms with Gasteiger partial charge in [-0.05, 0) is 0 Å². The molecule has 0 saturated carbocycles. The fourth-order valence-electron chi connectivity index (χ4n) is 1.49. The lowest BCUT2D eigenvalue weighted by molar-refractivity contribution is 0.650. The van der Waals surface area contributed by atoms with E-state index in [4.69, 9.17) is 6.42 Å². The number of nitrogens with zero attached hydrogens (tertiary/aromatic N) is 4. The molecule has 0 N–H and O–H groups in total. The fourth-order valence-corrected chi connectivity index (χ4v) is 2.27. The smallest absolute Gasteiger partial charge is 0.289 e. The van der Waals surface area contributed by atoms with E-state index in [0.29, 0.717) is 17.3 Å². The van der Waals surface area contributed by atoms with Gasteiger partial charge in [-0.1, -0.05) is 17.7 Å². The highest BCUT2D eigenvalue weighted by molar-refractivity contribution is 7.99. The van der Waals surface area contributed by atoms with Gasteiger partial charge in [0.25, 0.3) is 0 Å². The van der Waals surface area contributed by atoms with E-state index in [1.165, 1.54) is 22.7 Å². The fraction of sp³-hybridized carbons (Fsp3) is 0.300. The van der Waals surface area contributed by atoms with Crippen LogP contribution in [-0.4, -0.2) is 24.9 Å². The van der Waals surface area contributed by atoms with E-state index in [1.54, 1.807) is 18.7 Å². The standard InChI is InChI=1S/C10H10N4OS/c1-4-5-16-9-7-8(12-6-11-7)13(2)10(15)14(9)3/h1,6H,5H2,2-3H3. The van der Waals surface area contributed by atoms with Gasteiger partial charge in [-0.2, -0.15) is 0 Å². The van der Waals surface area contributed by atoms with Gasteiger partial charge < -0.3 is 0 Å². The van der Waals surface area contributed by atoms with Gasteiger partial charge >= 0.3 is 5.69 Å². The molecule has 0 aliphatic carbocycles. The van der Waals surface area contributed by atoms with Gasteiger partial charge in [-0.15, -0.1) is 6.42 Å². The van der Waals surface area contributed by atoms with Gasteiger partial charge in [0.1, 0.15) is 17.0 Å². The predicted octanol–water partition coefficient (Wildman–Crippen LogP) is 0.344. The number of hydrogen-bond donors (Lipinski definition) is 0. The molecule has 2 rings (SSSR count). The van der Waals surface area contributed by atoms with Gasteiger partial charge in [0.2, 0.25) is 0 Å². The van der Waals surface area contributed by atoms with Crippen molar-refractivity contribution < 1.29 is 0 Å². The molecule has 16 heavy (non-hydrogen) atoms. The first kappa shape index (κ1) is 10.8. The molecule has 0 atom stereocenters. The molecule has 0 fully saturated rings. The molecule has 82 valence electrons. The van der Waals surface area contributed by atoms with Crippen LogP contribution in [0.15, 0.2) is 16.1 Å². The van der Waals surface area contributed by atoms with Crippen LogP contribution in [0.25, 0.3) is 11.5 Å². The number of rotatable bonds is 2. The van der Waals surface area contributed by atoms with Crippen LogP contribution in [0, 0.1) is 12.3 Å². The minimum Gasteiger partial charge on any atom is -0.289 e. The Bertz CT molecular complexity index is 592. The minimum atomic E-state index is -0.132. The Balaban J connectivity index is 2.70. The molecule has 0 radical (unpaired) electrons. The summed E-state index contributed by atoms with van der Waals surface area (Å²) in [7, 11) is 3.38. The first-order chi connectivity index (χ1) is 7.66. The van der Waals surface area contributed by atoms with E-state index in [9.17, 15) is 4.79 Å². The summed E-state index contributed by atoms with van der Waals surface area (Å²) in [4.78, 5) is 20.1. The molecule has 0 unspecified atom stereocenters. The van der Waals surface area contributed by atoms with E-state index in [0.717, 1.165) is 5.03 Å². The first-order valence-electron chi connectivity index (χ1n) is 4.59. The summed E-state index contributed by atoms with van der Waals surface area (Å²) in [6, 6.07) is 0. The molecular weight excluding hydrogens is 224 g/mol. The average molecular weight is 234 g/mol. The maximum absolute atomic E-state index is 11.9. The molecule has 0 saturated heterocycles. The lowest BCUT2D eigenvalue weighted by Gasteiger charge is -2.13. The number of aromatic nitrogens is 4. The zero-order valence-corrected chi connectivity index (χ0v) is 9.78. The number of terminal acetylenes is 1. The van der Waals surface area contributed by atoms with Crippen LogP contribution in [0.5, 0.6) is 0 Å². The zero-order valence-electron chi connectivity index (χ0n) is 8.97. The highest BCUT2D eigenvalue weighted by Crippen LogP contribution is 2.27. The van der Waals surface area contributed by atoms with E-state index in [-0.39, 0.29) is 5.69 Å². The molecular formula is C10H10N4OS. The number of hydrogen-bond acceptors (Lipinski definition) is 4. The van der Waals surface area contributed by atoms with Gasteiger partial charge in [0.05, 0.1) is 5.75 Å². The molecule has 2 heterocycles. The minimum absolute atomic E-state index is 0.132. The van der Waals surface area contributed by atoms with Crippen molar-refractivity contribution in [1.29, 1.82) is 0 Å². The molecule has 0 aromatic rings. The zero-order chi connectivity index (χ0) is 11.7. The number of thioether (sulfide) groups is 1. The molecule has 0 amide bonds. The van der Waals surface area contributed by atoms with Crippen molar-refractivity contribution >= 4 is 11.8 Å². The number of imidazole rings is 1. The SMILES string of the molecule is C#CCSc1c2ncnc-2n(C)c(=O)n1C. The van der Waals surface area contributed by atoms with Crippen LogP contribution < -0.4 is 5.69 Å². The van der Waals surface area contributed by atoms with E-state index < -0.39 is 0 Å². The monoisotopic (exact) mass is 234 g/mol. The van der Waals surface area contributed by atoms with E-state index >= 15 is 0 Å². The first-order valence-corrected chi connectivity index (χ1v) is 5.58. The summed E-state index contributed by atoms with van der Waals surface area (Å²) < 4.78 is 3.02. The van der Waals surface area contributed by atoms with Gasteiger partial charge in [0, 0.05) is 14.1 Å². The van der Waals surface area contributed by atoms with E-state index in [2.05, 4.69) is 15.9 Å². The Morgan fingerprint density at radius 3 is 2.88 bits per heavy atom. The molecule has 2 aliphatic heterocycles. The molecule has 0 aromatic carbocycles. The Labute approximate surface area is 96.9 Å². The third-order valence-corrected chi connectivity index (χ3v) is 3.32. The van der Waals surface area contributed by atoms with Crippen LogP contribution in [0.3, 0.4) is 0 Å². The summed E-state index contributed by atoms with van der Waals surface area (Å²) in [6.45, 7) is 0. The molecule has 0 bridgehead atoms. The van der Waals surface area contributed by atoms with Crippen LogP contribution in [0.1, 0.15) is 0 Å². The number of fused-ring (bicyclic) bond motifs is 1. The van der Waals surface area contributed by atoms with Crippen LogP contribution in [-0.2, 0) is 14.1 Å². The summed E-state index contributed by atoms with van der Waals surface area (Å²) in [5, 5.41) is 0.758. The van der Waals surface area contributed by atoms with Crippen molar-refractivity contribution in [2.24, 2.45) is 14.1 Å². The van der Waals surface area contributed by atoms with Gasteiger partial charge in [-0.25, -0.2) is 14.8 Å². The molecule has 0 aromatic heterocycles. The van der Waals surface area contributed by atoms with Crippen molar-refractivity contribution in [1.82, 2.24) is 19.1 Å². The van der Waals surface area contributed by atoms with Crippen molar-refractivity contribution in [3.05, 3.63) is 16.8 Å². The van der Waals surface area contributed by atoms with Crippen molar-refractivity contribution in [3.63, 3.8) is 0 Å². The quantitative estimate of drug-likeness (QED) is 0.427. The summed E-state index contributed by atoms with van der Waals surface area (Å²) >= 11 is 1.42. The predicted molar refractivity (Wildman–Crippen MR) is 62.4 cm³/mol. The van der Waals surface area contributed by atoms with Crippen LogP contribution >= 0.6 is 11.8 Å². The maximum atomic E-state index is 11.9. The summed E-state index contributed by atoms with van der Waals surface area (Å²) in [5.74, 6) is 3.62. The topological polar surface area (TPSA) is 52.7 Å². The van der Waals surface area contributed by atoms with Gasteiger partial charge in [-0.3, -0.25) is 9.13 Å². The molecule has 0 spiro atoms. The van der Waals surface area contributed by atoms with Crippen molar-refractivity contribution in [2.45, 2.75) is 5.03 Å².